The van der Waals surface area contributed by atoms with E-state index in [1.165, 1.54) is 0 Å². The number of benzene rings is 2. The predicted molar refractivity (Wildman–Crippen MR) is 98.4 cm³/mol. The highest BCUT2D eigenvalue weighted by atomic mass is 16.7. The fourth-order valence-corrected chi connectivity index (χ4v) is 3.16. The highest BCUT2D eigenvalue weighted by Gasteiger charge is 2.50. The first-order valence-electron chi connectivity index (χ1n) is 8.49. The Morgan fingerprint density at radius 3 is 2.68 bits per heavy atom. The number of carboxylic acids is 1. The molecule has 0 radical (unpaired) electrons. The Balaban J connectivity index is 1.68. The van der Waals surface area contributed by atoms with Crippen molar-refractivity contribution >= 4 is 28.6 Å². The molecule has 1 N–H and O–H groups in total. The zero-order valence-corrected chi connectivity index (χ0v) is 14.9. The first kappa shape index (κ1) is 17.7. The molecule has 0 spiro atoms. The van der Waals surface area contributed by atoms with Crippen LogP contribution in [0, 0.1) is 0 Å². The van der Waals surface area contributed by atoms with Crippen LogP contribution in [0.25, 0.3) is 11.0 Å². The number of carbonyl (C=O) groups excluding carboxylic acids is 1. The van der Waals surface area contributed by atoms with Gasteiger partial charge in [0.2, 0.25) is 5.60 Å². The Morgan fingerprint density at radius 1 is 1.21 bits per heavy atom. The monoisotopic (exact) mass is 380 g/mol. The van der Waals surface area contributed by atoms with Crippen LogP contribution in [-0.4, -0.2) is 50.4 Å². The third kappa shape index (κ3) is 2.96. The van der Waals surface area contributed by atoms with E-state index in [9.17, 15) is 14.7 Å². The van der Waals surface area contributed by atoms with E-state index in [1.807, 2.05) is 0 Å². The summed E-state index contributed by atoms with van der Waals surface area (Å²) in [6, 6.07) is 14.0. The predicted octanol–water partition coefficient (Wildman–Crippen LogP) is 2.12. The Morgan fingerprint density at radius 2 is 1.96 bits per heavy atom. The summed E-state index contributed by atoms with van der Waals surface area (Å²) in [5.41, 5.74) is 0.484. The summed E-state index contributed by atoms with van der Waals surface area (Å²) >= 11 is 0. The van der Waals surface area contributed by atoms with Crippen LogP contribution in [0.15, 0.2) is 53.7 Å². The fraction of sp³-hybridized carbons (Fsp3) is 0.211. The second kappa shape index (κ2) is 6.76. The van der Waals surface area contributed by atoms with Gasteiger partial charge < -0.3 is 14.7 Å². The third-order valence-electron chi connectivity index (χ3n) is 4.58. The average molecular weight is 380 g/mol. The van der Waals surface area contributed by atoms with E-state index in [1.54, 1.807) is 55.6 Å². The summed E-state index contributed by atoms with van der Waals surface area (Å²) in [4.78, 5) is 30.2. The van der Waals surface area contributed by atoms with Crippen LogP contribution in [0.1, 0.15) is 23.2 Å². The lowest BCUT2D eigenvalue weighted by atomic mass is 9.90. The molecule has 2 aromatic carbocycles. The van der Waals surface area contributed by atoms with E-state index in [2.05, 4.69) is 15.5 Å². The molecule has 9 heteroatoms. The van der Waals surface area contributed by atoms with Gasteiger partial charge in [0, 0.05) is 6.42 Å². The number of hydrogen-bond donors (Lipinski definition) is 1. The van der Waals surface area contributed by atoms with Crippen molar-refractivity contribution in [2.24, 2.45) is 5.16 Å². The lowest BCUT2D eigenvalue weighted by Gasteiger charge is -2.22. The molecule has 1 unspecified atom stereocenters. The van der Waals surface area contributed by atoms with Crippen LogP contribution in [0.4, 0.5) is 0 Å². The molecule has 0 bridgehead atoms. The molecule has 0 saturated carbocycles. The molecule has 0 amide bonds. The number of hydrogen-bond acceptors (Lipinski definition) is 7. The van der Waals surface area contributed by atoms with Gasteiger partial charge in [0.15, 0.2) is 0 Å². The Bertz CT molecular complexity index is 1090. The maximum absolute atomic E-state index is 13.2. The van der Waals surface area contributed by atoms with Gasteiger partial charge in [0.1, 0.15) is 11.3 Å². The molecule has 2 heterocycles. The molecule has 0 aliphatic carbocycles. The van der Waals surface area contributed by atoms with Gasteiger partial charge in [-0.1, -0.05) is 22.5 Å². The maximum atomic E-state index is 13.2. The molecule has 0 fully saturated rings. The minimum absolute atomic E-state index is 0.00134. The molecule has 28 heavy (non-hydrogen) atoms. The summed E-state index contributed by atoms with van der Waals surface area (Å²) in [7, 11) is 1.56. The van der Waals surface area contributed by atoms with Gasteiger partial charge in [-0.05, 0) is 42.0 Å². The molecule has 4 rings (SSSR count). The zero-order valence-electron chi connectivity index (χ0n) is 14.9. The molecule has 1 aliphatic heterocycles. The van der Waals surface area contributed by atoms with Crippen LogP contribution >= 0.6 is 0 Å². The van der Waals surface area contributed by atoms with Gasteiger partial charge in [-0.3, -0.25) is 9.59 Å². The highest BCUT2D eigenvalue weighted by Crippen LogP contribution is 2.33. The second-order valence-electron chi connectivity index (χ2n) is 6.39. The van der Waals surface area contributed by atoms with Crippen LogP contribution in [0.5, 0.6) is 5.75 Å². The first-order valence-corrected chi connectivity index (χ1v) is 8.49. The number of methoxy groups -OCH3 is 1. The van der Waals surface area contributed by atoms with Crippen LogP contribution < -0.4 is 4.74 Å². The summed E-state index contributed by atoms with van der Waals surface area (Å²) < 4.78 is 6.21. The number of carbonyl (C=O) groups is 2. The molecule has 0 saturated heterocycles. The maximum Gasteiger partial charge on any atom is 0.308 e. The molecule has 1 aromatic heterocycles. The van der Waals surface area contributed by atoms with Gasteiger partial charge in [0.25, 0.3) is 5.91 Å². The van der Waals surface area contributed by atoms with E-state index < -0.39 is 23.9 Å². The molecular formula is C19H16N4O5. The van der Waals surface area contributed by atoms with Gasteiger partial charge in [-0.2, -0.15) is 4.68 Å². The van der Waals surface area contributed by atoms with E-state index in [4.69, 9.17) is 9.57 Å². The largest absolute Gasteiger partial charge is 0.497 e. The summed E-state index contributed by atoms with van der Waals surface area (Å²) in [5.74, 6) is -1.13. The molecule has 1 atom stereocenters. The highest BCUT2D eigenvalue weighted by molar-refractivity contribution is 6.07. The van der Waals surface area contributed by atoms with E-state index >= 15 is 0 Å². The average Bonchev–Trinajstić information content (AvgIpc) is 3.32. The van der Waals surface area contributed by atoms with Crippen molar-refractivity contribution in [2.75, 3.05) is 7.11 Å². The molecule has 9 nitrogen and oxygen atoms in total. The van der Waals surface area contributed by atoms with E-state index in [-0.39, 0.29) is 6.42 Å². The normalized spacial score (nSPS) is 18.5. The van der Waals surface area contributed by atoms with Crippen molar-refractivity contribution in [2.45, 2.75) is 18.4 Å². The van der Waals surface area contributed by atoms with Gasteiger partial charge >= 0.3 is 5.97 Å². The van der Waals surface area contributed by atoms with Gasteiger partial charge in [-0.25, -0.2) is 0 Å². The number of oxime groups is 1. The molecule has 3 aromatic rings. The van der Waals surface area contributed by atoms with Crippen molar-refractivity contribution in [1.82, 2.24) is 15.0 Å². The van der Waals surface area contributed by atoms with Crippen molar-refractivity contribution in [3.05, 3.63) is 54.1 Å². The summed E-state index contributed by atoms with van der Waals surface area (Å²) in [6.07, 6.45) is -0.554. The first-order chi connectivity index (χ1) is 13.5. The Labute approximate surface area is 159 Å². The van der Waals surface area contributed by atoms with Crippen molar-refractivity contribution in [1.29, 1.82) is 0 Å². The summed E-state index contributed by atoms with van der Waals surface area (Å²) in [6.45, 7) is 0. The Hall–Kier alpha value is -3.75. The minimum Gasteiger partial charge on any atom is -0.497 e. The van der Waals surface area contributed by atoms with Crippen LogP contribution in [0.3, 0.4) is 0 Å². The minimum atomic E-state index is -1.70. The number of ether oxygens (including phenoxy) is 1. The van der Waals surface area contributed by atoms with Crippen molar-refractivity contribution < 1.29 is 24.3 Å². The van der Waals surface area contributed by atoms with Crippen molar-refractivity contribution in [3.63, 3.8) is 0 Å². The lowest BCUT2D eigenvalue weighted by Crippen LogP contribution is -2.44. The Kier molecular flexibility index (Phi) is 4.26. The van der Waals surface area contributed by atoms with E-state index in [0.717, 1.165) is 4.68 Å². The standard InChI is InChI=1S/C19H16N4O5/c1-27-13-8-6-12(7-9-13)15-10-19(28-21-15,11-17(24)25)18(26)23-16-5-3-2-4-14(16)20-22-23/h2-9H,10-11H2,1H3,(H,24,25). The topological polar surface area (TPSA) is 116 Å². The number of carboxylic acid groups (broad SMARTS) is 1. The number of nitrogens with zero attached hydrogens (tertiary/aromatic N) is 4. The summed E-state index contributed by atoms with van der Waals surface area (Å²) in [5, 5.41) is 21.2. The number of aromatic nitrogens is 3. The van der Waals surface area contributed by atoms with Gasteiger partial charge in [0.05, 0.1) is 24.8 Å². The van der Waals surface area contributed by atoms with E-state index in [0.29, 0.717) is 28.1 Å². The zero-order chi connectivity index (χ0) is 19.7. The SMILES string of the molecule is COc1ccc(C2=NOC(CC(=O)O)(C(=O)n3nnc4ccccc43)C2)cc1. The molecule has 142 valence electrons. The quantitative estimate of drug-likeness (QED) is 0.721. The number of para-hydroxylation sites is 1. The fourth-order valence-electron chi connectivity index (χ4n) is 3.16. The number of rotatable bonds is 5. The van der Waals surface area contributed by atoms with Gasteiger partial charge in [-0.15, -0.1) is 5.10 Å². The van der Waals surface area contributed by atoms with Crippen LogP contribution in [0.2, 0.25) is 0 Å². The lowest BCUT2D eigenvalue weighted by molar-refractivity contribution is -0.142. The smallest absolute Gasteiger partial charge is 0.308 e. The van der Waals surface area contributed by atoms with Crippen molar-refractivity contribution in [3.8, 4) is 5.75 Å². The molecule has 1 aliphatic rings. The number of fused-ring (bicyclic) bond motifs is 1. The van der Waals surface area contributed by atoms with Crippen LogP contribution in [-0.2, 0) is 9.63 Å². The third-order valence-corrected chi connectivity index (χ3v) is 4.58. The number of aliphatic carboxylic acids is 1. The second-order valence-corrected chi connectivity index (χ2v) is 6.39. The molecular weight excluding hydrogens is 364 g/mol.